The summed E-state index contributed by atoms with van der Waals surface area (Å²) in [5.74, 6) is -0.0854. The number of imide groups is 1. The minimum absolute atomic E-state index is 0.0434. The second-order valence-corrected chi connectivity index (χ2v) is 8.58. The van der Waals surface area contributed by atoms with E-state index in [2.05, 4.69) is 12.2 Å². The van der Waals surface area contributed by atoms with Gasteiger partial charge in [0.2, 0.25) is 11.8 Å². The zero-order chi connectivity index (χ0) is 19.9. The summed E-state index contributed by atoms with van der Waals surface area (Å²) in [6, 6.07) is 13.6. The molecule has 2 aromatic carbocycles. The van der Waals surface area contributed by atoms with Gasteiger partial charge in [-0.1, -0.05) is 24.3 Å². The van der Waals surface area contributed by atoms with Crippen molar-refractivity contribution in [3.63, 3.8) is 0 Å². The molecule has 1 spiro atoms. The molecule has 0 aromatic heterocycles. The number of nitro groups is 1. The fourth-order valence-electron chi connectivity index (χ4n) is 5.91. The third kappa shape index (κ3) is 2.06. The standard InChI is InChI=1S/C23H18N2O4/c26-21-19-17-9-10-18(23(17)11-12-23)20(19)22(27)24(21)15-5-1-13(2-6-15)14-3-7-16(8-4-14)25(28)29/h1-10,17-20H,11-12H2/t17-,18-,19-,20+/m1/s1. The summed E-state index contributed by atoms with van der Waals surface area (Å²) in [7, 11) is 0. The Bertz CT molecular complexity index is 1060. The number of anilines is 1. The normalized spacial score (nSPS) is 30.3. The summed E-state index contributed by atoms with van der Waals surface area (Å²) < 4.78 is 0. The lowest BCUT2D eigenvalue weighted by atomic mass is 9.85. The topological polar surface area (TPSA) is 80.5 Å². The molecule has 2 aromatic rings. The lowest BCUT2D eigenvalue weighted by Gasteiger charge is -2.22. The molecule has 0 radical (unpaired) electrons. The maximum atomic E-state index is 13.2. The van der Waals surface area contributed by atoms with Gasteiger partial charge in [-0.15, -0.1) is 0 Å². The molecule has 0 N–H and O–H groups in total. The number of hydrogen-bond donors (Lipinski definition) is 0. The van der Waals surface area contributed by atoms with E-state index < -0.39 is 4.92 Å². The van der Waals surface area contributed by atoms with Crippen LogP contribution in [0.5, 0.6) is 0 Å². The Kier molecular flexibility index (Phi) is 3.10. The molecule has 1 saturated heterocycles. The summed E-state index contributed by atoms with van der Waals surface area (Å²) >= 11 is 0. The van der Waals surface area contributed by atoms with E-state index in [4.69, 9.17) is 0 Å². The van der Waals surface area contributed by atoms with Crippen LogP contribution in [-0.4, -0.2) is 16.7 Å². The van der Waals surface area contributed by atoms with Crippen LogP contribution in [0.3, 0.4) is 0 Å². The van der Waals surface area contributed by atoms with E-state index in [-0.39, 0.29) is 46.6 Å². The van der Waals surface area contributed by atoms with E-state index in [1.807, 2.05) is 12.1 Å². The number of nitrogens with zero attached hydrogens (tertiary/aromatic N) is 2. The van der Waals surface area contributed by atoms with Gasteiger partial charge in [-0.3, -0.25) is 24.6 Å². The third-order valence-corrected chi connectivity index (χ3v) is 7.39. The highest BCUT2D eigenvalue weighted by molar-refractivity contribution is 6.23. The van der Waals surface area contributed by atoms with Crippen molar-refractivity contribution in [2.45, 2.75) is 12.8 Å². The maximum Gasteiger partial charge on any atom is 0.269 e. The van der Waals surface area contributed by atoms with Gasteiger partial charge >= 0.3 is 0 Å². The fourth-order valence-corrected chi connectivity index (χ4v) is 5.91. The Morgan fingerprint density at radius 2 is 1.31 bits per heavy atom. The highest BCUT2D eigenvalue weighted by Crippen LogP contribution is 2.73. The molecule has 1 aliphatic heterocycles. The third-order valence-electron chi connectivity index (χ3n) is 7.39. The molecule has 4 aliphatic rings. The first kappa shape index (κ1) is 16.7. The lowest BCUT2D eigenvalue weighted by Crippen LogP contribution is -2.34. The highest BCUT2D eigenvalue weighted by atomic mass is 16.6. The SMILES string of the molecule is O=C1[C@@H]2[C@H](C(=O)N1c1ccc(-c3ccc([N+](=O)[O-])cc3)cc1)[C@H]1C=C[C@H]2C12CC2. The van der Waals surface area contributed by atoms with Crippen molar-refractivity contribution in [2.75, 3.05) is 4.90 Å². The molecule has 6 rings (SSSR count). The molecule has 3 aliphatic carbocycles. The Balaban J connectivity index is 1.28. The molecule has 6 heteroatoms. The number of non-ortho nitro benzene ring substituents is 1. The number of nitro benzene ring substituents is 1. The van der Waals surface area contributed by atoms with E-state index >= 15 is 0 Å². The van der Waals surface area contributed by atoms with Crippen LogP contribution < -0.4 is 4.90 Å². The van der Waals surface area contributed by atoms with Gasteiger partial charge in [0.1, 0.15) is 0 Å². The second-order valence-electron chi connectivity index (χ2n) is 8.58. The number of rotatable bonds is 3. The van der Waals surface area contributed by atoms with Crippen molar-refractivity contribution in [1.82, 2.24) is 0 Å². The van der Waals surface area contributed by atoms with E-state index in [0.29, 0.717) is 5.69 Å². The first-order valence-electron chi connectivity index (χ1n) is 9.92. The zero-order valence-corrected chi connectivity index (χ0v) is 15.5. The van der Waals surface area contributed by atoms with Crippen LogP contribution in [0, 0.1) is 39.2 Å². The van der Waals surface area contributed by atoms with Gasteiger partial charge in [0.05, 0.1) is 22.4 Å². The van der Waals surface area contributed by atoms with Gasteiger partial charge < -0.3 is 0 Å². The quantitative estimate of drug-likeness (QED) is 0.346. The molecule has 3 fully saturated rings. The average molecular weight is 386 g/mol. The summed E-state index contributed by atoms with van der Waals surface area (Å²) in [4.78, 5) is 38.1. The second kappa shape index (κ2) is 5.41. The van der Waals surface area contributed by atoms with Gasteiger partial charge in [0.15, 0.2) is 0 Å². The van der Waals surface area contributed by atoms with Crippen LogP contribution in [0.15, 0.2) is 60.7 Å². The number of benzene rings is 2. The van der Waals surface area contributed by atoms with Gasteiger partial charge in [-0.05, 0) is 65.5 Å². The van der Waals surface area contributed by atoms with E-state index in [1.54, 1.807) is 24.3 Å². The molecule has 0 unspecified atom stereocenters. The molecular weight excluding hydrogens is 368 g/mol. The predicted molar refractivity (Wildman–Crippen MR) is 106 cm³/mol. The summed E-state index contributed by atoms with van der Waals surface area (Å²) in [6.07, 6.45) is 6.61. The number of fused-ring (bicyclic) bond motifs is 3. The van der Waals surface area contributed by atoms with Gasteiger partial charge in [0.25, 0.3) is 5.69 Å². The molecule has 2 bridgehead atoms. The van der Waals surface area contributed by atoms with Crippen LogP contribution >= 0.6 is 0 Å². The number of allylic oxidation sites excluding steroid dienone is 2. The number of carbonyl (C=O) groups is 2. The van der Waals surface area contributed by atoms with E-state index in [1.165, 1.54) is 17.0 Å². The molecule has 144 valence electrons. The van der Waals surface area contributed by atoms with Crippen LogP contribution in [0.25, 0.3) is 11.1 Å². The molecule has 2 amide bonds. The zero-order valence-electron chi connectivity index (χ0n) is 15.5. The maximum absolute atomic E-state index is 13.2. The average Bonchev–Trinajstić information content (AvgIpc) is 3.33. The molecule has 6 nitrogen and oxygen atoms in total. The van der Waals surface area contributed by atoms with Crippen LogP contribution in [-0.2, 0) is 9.59 Å². The van der Waals surface area contributed by atoms with E-state index in [0.717, 1.165) is 24.0 Å². The van der Waals surface area contributed by atoms with Crippen LogP contribution in [0.2, 0.25) is 0 Å². The number of amides is 2. The first-order chi connectivity index (χ1) is 14.0. The fraction of sp³-hybridized carbons (Fsp3) is 0.304. The molecule has 4 atom stereocenters. The van der Waals surface area contributed by atoms with E-state index in [9.17, 15) is 19.7 Å². The van der Waals surface area contributed by atoms with Gasteiger partial charge in [-0.2, -0.15) is 0 Å². The lowest BCUT2D eigenvalue weighted by molar-refractivity contribution is -0.384. The number of hydrogen-bond acceptors (Lipinski definition) is 4. The Hall–Kier alpha value is -3.28. The minimum atomic E-state index is -0.428. The number of carbonyl (C=O) groups excluding carboxylic acids is 2. The highest BCUT2D eigenvalue weighted by Gasteiger charge is 2.73. The molecule has 2 saturated carbocycles. The smallest absolute Gasteiger partial charge is 0.269 e. The summed E-state index contributed by atoms with van der Waals surface area (Å²) in [5, 5.41) is 10.8. The van der Waals surface area contributed by atoms with Crippen molar-refractivity contribution in [2.24, 2.45) is 29.1 Å². The van der Waals surface area contributed by atoms with Crippen LogP contribution in [0.1, 0.15) is 12.8 Å². The van der Waals surface area contributed by atoms with Crippen molar-refractivity contribution in [3.8, 4) is 11.1 Å². The van der Waals surface area contributed by atoms with Crippen molar-refractivity contribution >= 4 is 23.2 Å². The van der Waals surface area contributed by atoms with Gasteiger partial charge in [-0.25, -0.2) is 0 Å². The van der Waals surface area contributed by atoms with Gasteiger partial charge in [0, 0.05) is 12.1 Å². The summed E-state index contributed by atoms with van der Waals surface area (Å²) in [5.41, 5.74) is 2.57. The molecule has 1 heterocycles. The Morgan fingerprint density at radius 3 is 1.76 bits per heavy atom. The van der Waals surface area contributed by atoms with Crippen molar-refractivity contribution in [3.05, 3.63) is 70.8 Å². The molecular formula is C23H18N2O4. The Morgan fingerprint density at radius 1 is 0.828 bits per heavy atom. The molecule has 29 heavy (non-hydrogen) atoms. The minimum Gasteiger partial charge on any atom is -0.274 e. The van der Waals surface area contributed by atoms with Crippen molar-refractivity contribution in [1.29, 1.82) is 0 Å². The largest absolute Gasteiger partial charge is 0.274 e. The predicted octanol–water partition coefficient (Wildman–Crippen LogP) is 3.96. The summed E-state index contributed by atoms with van der Waals surface area (Å²) in [6.45, 7) is 0. The van der Waals surface area contributed by atoms with Crippen molar-refractivity contribution < 1.29 is 14.5 Å². The Labute approximate surface area is 167 Å². The first-order valence-corrected chi connectivity index (χ1v) is 9.92. The monoisotopic (exact) mass is 386 g/mol. The van der Waals surface area contributed by atoms with Crippen LogP contribution in [0.4, 0.5) is 11.4 Å².